The summed E-state index contributed by atoms with van der Waals surface area (Å²) in [6.45, 7) is 3.37. The monoisotopic (exact) mass is 497 g/mol. The van der Waals surface area contributed by atoms with E-state index in [1.807, 2.05) is 0 Å². The highest BCUT2D eigenvalue weighted by Crippen LogP contribution is 2.33. The molecule has 2 fully saturated rings. The fourth-order valence-corrected chi connectivity index (χ4v) is 6.38. The molecule has 0 bridgehead atoms. The van der Waals surface area contributed by atoms with Crippen molar-refractivity contribution in [3.05, 3.63) is 29.8 Å². The highest BCUT2D eigenvalue weighted by Gasteiger charge is 2.41. The van der Waals surface area contributed by atoms with E-state index in [1.54, 1.807) is 13.8 Å². The Labute approximate surface area is 190 Å². The van der Waals surface area contributed by atoms with Gasteiger partial charge < -0.3 is 4.90 Å². The Morgan fingerprint density at radius 3 is 2.33 bits per heavy atom. The molecule has 2 saturated heterocycles. The van der Waals surface area contributed by atoms with Gasteiger partial charge in [-0.2, -0.15) is 17.5 Å². The zero-order valence-corrected chi connectivity index (χ0v) is 19.3. The van der Waals surface area contributed by atoms with Crippen molar-refractivity contribution in [1.29, 1.82) is 0 Å². The summed E-state index contributed by atoms with van der Waals surface area (Å²) in [7, 11) is -4.21. The van der Waals surface area contributed by atoms with Gasteiger partial charge in [0.05, 0.1) is 23.5 Å². The number of nitrogens with zero attached hydrogens (tertiary/aromatic N) is 3. The first-order valence-corrected chi connectivity index (χ1v) is 12.2. The van der Waals surface area contributed by atoms with Crippen molar-refractivity contribution < 1.29 is 35.2 Å². The minimum atomic E-state index is -4.67. The number of hydrogen-bond donors (Lipinski definition) is 0. The zero-order valence-electron chi connectivity index (χ0n) is 18.5. The molecule has 3 rings (SSSR count). The third-order valence-electron chi connectivity index (χ3n) is 6.03. The number of likely N-dealkylation sites (tertiary alicyclic amines) is 2. The van der Waals surface area contributed by atoms with Gasteiger partial charge in [-0.05, 0) is 44.9 Å². The first-order valence-electron chi connectivity index (χ1n) is 10.8. The average Bonchev–Trinajstić information content (AvgIpc) is 3.05. The van der Waals surface area contributed by atoms with Crippen molar-refractivity contribution in [2.75, 3.05) is 32.7 Å². The third-order valence-corrected chi connectivity index (χ3v) is 8.15. The van der Waals surface area contributed by atoms with Crippen molar-refractivity contribution in [2.45, 2.75) is 62.2 Å². The number of sulfonamides is 1. The molecule has 0 aromatic heterocycles. The lowest BCUT2D eigenvalue weighted by molar-refractivity contribution is -0.137. The summed E-state index contributed by atoms with van der Waals surface area (Å²) in [4.78, 5) is 15.0. The van der Waals surface area contributed by atoms with Gasteiger partial charge in [0.1, 0.15) is 0 Å². The van der Waals surface area contributed by atoms with Gasteiger partial charge in [0.25, 0.3) is 5.92 Å². The zero-order chi connectivity index (χ0) is 24.6. The summed E-state index contributed by atoms with van der Waals surface area (Å²) in [5.74, 6) is -3.08. The van der Waals surface area contributed by atoms with Gasteiger partial charge in [-0.3, -0.25) is 9.69 Å². The fourth-order valence-electron chi connectivity index (χ4n) is 4.45. The maximum Gasteiger partial charge on any atom is 0.416 e. The van der Waals surface area contributed by atoms with Crippen LogP contribution in [-0.2, 0) is 21.0 Å². The Kier molecular flexibility index (Phi) is 7.40. The van der Waals surface area contributed by atoms with Crippen molar-refractivity contribution >= 4 is 15.9 Å². The highest BCUT2D eigenvalue weighted by atomic mass is 32.2. The predicted octanol–water partition coefficient (Wildman–Crippen LogP) is 3.44. The van der Waals surface area contributed by atoms with Crippen LogP contribution in [0.25, 0.3) is 0 Å². The molecule has 0 atom stereocenters. The average molecular weight is 498 g/mol. The van der Waals surface area contributed by atoms with Crippen molar-refractivity contribution in [3.63, 3.8) is 0 Å². The van der Waals surface area contributed by atoms with Crippen LogP contribution in [0, 0.1) is 0 Å². The molecule has 0 N–H and O–H groups in total. The van der Waals surface area contributed by atoms with E-state index in [4.69, 9.17) is 0 Å². The van der Waals surface area contributed by atoms with Crippen LogP contribution < -0.4 is 0 Å². The largest absolute Gasteiger partial charge is 0.416 e. The van der Waals surface area contributed by atoms with E-state index in [1.165, 1.54) is 14.1 Å². The summed E-state index contributed by atoms with van der Waals surface area (Å²) in [5.41, 5.74) is -1.04. The molecule has 0 radical (unpaired) electrons. The number of carbonyl (C=O) groups excluding carboxylic acids is 1. The number of amides is 1. The quantitative estimate of drug-likeness (QED) is 0.565. The van der Waals surface area contributed by atoms with Gasteiger partial charge >= 0.3 is 6.18 Å². The highest BCUT2D eigenvalue weighted by molar-refractivity contribution is 7.89. The number of carbonyl (C=O) groups is 1. The second kappa shape index (κ2) is 9.46. The molecule has 33 heavy (non-hydrogen) atoms. The summed E-state index contributed by atoms with van der Waals surface area (Å²) in [6.07, 6.45) is -4.34. The maximum atomic E-state index is 13.4. The third kappa shape index (κ3) is 6.02. The lowest BCUT2D eigenvalue weighted by atomic mass is 10.0. The smallest absolute Gasteiger partial charge is 0.341 e. The van der Waals surface area contributed by atoms with Crippen LogP contribution in [0.1, 0.15) is 38.7 Å². The number of alkyl halides is 5. The molecule has 6 nitrogen and oxygen atoms in total. The van der Waals surface area contributed by atoms with Gasteiger partial charge in [-0.15, -0.1) is 0 Å². The SMILES string of the molecule is CC(C)N(C1CCN(C(=O)CN2CCC(F)(F)C2)CC1)S(=O)(=O)c1cccc(C(F)(F)F)c1. The van der Waals surface area contributed by atoms with Crippen LogP contribution in [0.3, 0.4) is 0 Å². The van der Waals surface area contributed by atoms with Crippen LogP contribution >= 0.6 is 0 Å². The molecule has 2 aliphatic rings. The second-order valence-electron chi connectivity index (χ2n) is 8.88. The Balaban J connectivity index is 1.68. The normalized spacial score (nSPS) is 20.7. The van der Waals surface area contributed by atoms with E-state index in [9.17, 15) is 35.2 Å². The minimum Gasteiger partial charge on any atom is -0.341 e. The minimum absolute atomic E-state index is 0.114. The van der Waals surface area contributed by atoms with E-state index in [2.05, 4.69) is 0 Å². The van der Waals surface area contributed by atoms with Crippen LogP contribution in [0.5, 0.6) is 0 Å². The summed E-state index contributed by atoms with van der Waals surface area (Å²) in [5, 5.41) is 0. The Bertz CT molecular complexity index is 960. The van der Waals surface area contributed by atoms with Crippen LogP contribution in [0.2, 0.25) is 0 Å². The maximum absolute atomic E-state index is 13.4. The van der Waals surface area contributed by atoms with Gasteiger partial charge in [0, 0.05) is 38.1 Å². The lowest BCUT2D eigenvalue weighted by Crippen LogP contribution is -2.52. The first kappa shape index (κ1) is 25.8. The topological polar surface area (TPSA) is 60.9 Å². The van der Waals surface area contributed by atoms with Gasteiger partial charge in [-0.25, -0.2) is 17.2 Å². The molecule has 12 heteroatoms. The number of rotatable bonds is 6. The van der Waals surface area contributed by atoms with E-state index in [0.29, 0.717) is 18.9 Å². The molecule has 1 aromatic rings. The molecule has 0 aliphatic carbocycles. The van der Waals surface area contributed by atoms with Crippen molar-refractivity contribution in [3.8, 4) is 0 Å². The van der Waals surface area contributed by atoms with E-state index < -0.39 is 51.2 Å². The van der Waals surface area contributed by atoms with Gasteiger partial charge in [0.2, 0.25) is 15.9 Å². The summed E-state index contributed by atoms with van der Waals surface area (Å²) >= 11 is 0. The van der Waals surface area contributed by atoms with Crippen molar-refractivity contribution in [1.82, 2.24) is 14.1 Å². The Morgan fingerprint density at radius 2 is 1.82 bits per heavy atom. The fraction of sp³-hybridized carbons (Fsp3) is 0.667. The number of hydrogen-bond acceptors (Lipinski definition) is 4. The molecule has 1 aromatic carbocycles. The van der Waals surface area contributed by atoms with E-state index in [-0.39, 0.29) is 38.5 Å². The van der Waals surface area contributed by atoms with Crippen molar-refractivity contribution in [2.24, 2.45) is 0 Å². The van der Waals surface area contributed by atoms with Gasteiger partial charge in [0.15, 0.2) is 0 Å². The van der Waals surface area contributed by atoms with Crippen LogP contribution in [0.15, 0.2) is 29.2 Å². The van der Waals surface area contributed by atoms with E-state index >= 15 is 0 Å². The molecule has 1 amide bonds. The standard InChI is InChI=1S/C21H28F5N3O3S/c1-15(2)29(33(31,32)18-5-3-4-16(12-18)21(24,25)26)17-6-9-28(10-7-17)19(30)13-27-11-8-20(22,23)14-27/h3-5,12,15,17H,6-11,13-14H2,1-2H3. The molecular formula is C21H28F5N3O3S. The molecular weight excluding hydrogens is 469 g/mol. The number of halogens is 5. The number of piperidine rings is 1. The second-order valence-corrected chi connectivity index (χ2v) is 10.7. The Hall–Kier alpha value is -1.79. The molecule has 2 aliphatic heterocycles. The number of benzene rings is 1. The molecule has 0 saturated carbocycles. The molecule has 0 spiro atoms. The van der Waals surface area contributed by atoms with Gasteiger partial charge in [-0.1, -0.05) is 6.07 Å². The summed E-state index contributed by atoms with van der Waals surface area (Å²) < 4.78 is 93.7. The van der Waals surface area contributed by atoms with E-state index in [0.717, 1.165) is 18.2 Å². The van der Waals surface area contributed by atoms with Crippen LogP contribution in [0.4, 0.5) is 22.0 Å². The Morgan fingerprint density at radius 1 is 1.18 bits per heavy atom. The van der Waals surface area contributed by atoms with Crippen LogP contribution in [-0.4, -0.2) is 79.2 Å². The first-order chi connectivity index (χ1) is 15.2. The molecule has 0 unspecified atom stereocenters. The molecule has 186 valence electrons. The lowest BCUT2D eigenvalue weighted by Gasteiger charge is -2.40. The predicted molar refractivity (Wildman–Crippen MR) is 111 cm³/mol. The molecule has 2 heterocycles. The summed E-state index contributed by atoms with van der Waals surface area (Å²) in [6, 6.07) is 2.66.